The second kappa shape index (κ2) is 8.06. The Balaban J connectivity index is 2.39. The molecule has 0 aliphatic heterocycles. The maximum atomic E-state index is 5.53. The minimum Gasteiger partial charge on any atom is -0.488 e. The molecule has 0 amide bonds. The van der Waals surface area contributed by atoms with Crippen molar-refractivity contribution in [3.8, 4) is 5.75 Å². The second-order valence-corrected chi connectivity index (χ2v) is 3.60. The summed E-state index contributed by atoms with van der Waals surface area (Å²) >= 11 is 0. The van der Waals surface area contributed by atoms with Crippen LogP contribution >= 0.6 is 0 Å². The summed E-state index contributed by atoms with van der Waals surface area (Å²) in [4.78, 5) is 0. The third kappa shape index (κ3) is 5.17. The van der Waals surface area contributed by atoms with E-state index in [1.807, 2.05) is 24.3 Å². The molecule has 0 heterocycles. The van der Waals surface area contributed by atoms with Gasteiger partial charge in [-0.1, -0.05) is 12.1 Å². The minimum absolute atomic E-state index is 0.330. The molecule has 1 aromatic rings. The summed E-state index contributed by atoms with van der Waals surface area (Å²) in [5, 5.41) is 0. The Kier molecular flexibility index (Phi) is 6.62. The van der Waals surface area contributed by atoms with Gasteiger partial charge in [0.25, 0.3) is 0 Å². The van der Waals surface area contributed by atoms with Crippen LogP contribution in [0.4, 0.5) is 0 Å². The highest BCUT2D eigenvalue weighted by molar-refractivity contribution is 5.27. The zero-order chi connectivity index (χ0) is 12.5. The highest BCUT2D eigenvalue weighted by atomic mass is 16.7. The fourth-order valence-corrected chi connectivity index (χ4v) is 1.37. The van der Waals surface area contributed by atoms with Crippen molar-refractivity contribution in [2.24, 2.45) is 0 Å². The van der Waals surface area contributed by atoms with Crippen LogP contribution in [0.2, 0.25) is 0 Å². The van der Waals surface area contributed by atoms with Gasteiger partial charge in [-0.05, 0) is 24.1 Å². The molecule has 0 radical (unpaired) electrons. The molecule has 1 aromatic carbocycles. The van der Waals surface area contributed by atoms with Crippen LogP contribution in [0.3, 0.4) is 0 Å². The summed E-state index contributed by atoms with van der Waals surface area (Å²) < 4.78 is 20.6. The molecule has 4 heteroatoms. The van der Waals surface area contributed by atoms with Crippen molar-refractivity contribution < 1.29 is 18.9 Å². The summed E-state index contributed by atoms with van der Waals surface area (Å²) in [5.74, 6) is 0.810. The predicted octanol–water partition coefficient (Wildman–Crippen LogP) is 1.87. The zero-order valence-electron chi connectivity index (χ0n) is 10.6. The van der Waals surface area contributed by atoms with Crippen LogP contribution in [0.15, 0.2) is 24.3 Å². The molecule has 0 unspecified atom stereocenters. The van der Waals surface area contributed by atoms with Gasteiger partial charge >= 0.3 is 0 Å². The van der Waals surface area contributed by atoms with Gasteiger partial charge in [0.1, 0.15) is 12.4 Å². The molecule has 4 nitrogen and oxygen atoms in total. The quantitative estimate of drug-likeness (QED) is 0.650. The second-order valence-electron chi connectivity index (χ2n) is 3.60. The lowest BCUT2D eigenvalue weighted by Crippen LogP contribution is -2.21. The molecule has 17 heavy (non-hydrogen) atoms. The van der Waals surface area contributed by atoms with Crippen molar-refractivity contribution >= 4 is 0 Å². The van der Waals surface area contributed by atoms with Gasteiger partial charge in [-0.15, -0.1) is 0 Å². The van der Waals surface area contributed by atoms with Gasteiger partial charge in [-0.25, -0.2) is 0 Å². The number of ether oxygens (including phenoxy) is 4. The largest absolute Gasteiger partial charge is 0.488 e. The third-order valence-electron chi connectivity index (χ3n) is 2.43. The maximum absolute atomic E-state index is 5.53. The van der Waals surface area contributed by atoms with Gasteiger partial charge in [0.15, 0.2) is 6.29 Å². The molecular weight excluding hydrogens is 220 g/mol. The van der Waals surface area contributed by atoms with E-state index in [9.17, 15) is 0 Å². The molecule has 0 atom stereocenters. The number of rotatable bonds is 8. The third-order valence-corrected chi connectivity index (χ3v) is 2.43. The van der Waals surface area contributed by atoms with Crippen LogP contribution in [0.25, 0.3) is 0 Å². The Morgan fingerprint density at radius 3 is 2.18 bits per heavy atom. The summed E-state index contributed by atoms with van der Waals surface area (Å²) in [6.07, 6.45) is 0.582. The Morgan fingerprint density at radius 2 is 1.65 bits per heavy atom. The summed E-state index contributed by atoms with van der Waals surface area (Å²) in [6, 6.07) is 7.94. The van der Waals surface area contributed by atoms with E-state index in [0.717, 1.165) is 18.8 Å². The first kappa shape index (κ1) is 14.0. The zero-order valence-corrected chi connectivity index (χ0v) is 10.6. The fourth-order valence-electron chi connectivity index (χ4n) is 1.37. The topological polar surface area (TPSA) is 36.9 Å². The van der Waals surface area contributed by atoms with E-state index in [-0.39, 0.29) is 6.29 Å². The van der Waals surface area contributed by atoms with Gasteiger partial charge in [-0.2, -0.15) is 0 Å². The lowest BCUT2D eigenvalue weighted by Gasteiger charge is -2.14. The smallest absolute Gasteiger partial charge is 0.191 e. The summed E-state index contributed by atoms with van der Waals surface area (Å²) in [6.45, 7) is 1.11. The average Bonchev–Trinajstić information content (AvgIpc) is 2.39. The Morgan fingerprint density at radius 1 is 1.00 bits per heavy atom. The SMILES string of the molecule is COCCc1ccc(OCC(OC)OC)cc1. The van der Waals surface area contributed by atoms with E-state index < -0.39 is 0 Å². The molecule has 0 N–H and O–H groups in total. The van der Waals surface area contributed by atoms with Gasteiger partial charge < -0.3 is 18.9 Å². The Labute approximate surface area is 102 Å². The normalized spacial score (nSPS) is 10.8. The van der Waals surface area contributed by atoms with Crippen molar-refractivity contribution in [3.05, 3.63) is 29.8 Å². The molecule has 0 saturated carbocycles. The Bertz CT molecular complexity index is 293. The highest BCUT2D eigenvalue weighted by Crippen LogP contribution is 2.13. The fraction of sp³-hybridized carbons (Fsp3) is 0.538. The van der Waals surface area contributed by atoms with Crippen LogP contribution in [-0.4, -0.2) is 40.8 Å². The van der Waals surface area contributed by atoms with Crippen LogP contribution in [0, 0.1) is 0 Å². The monoisotopic (exact) mass is 240 g/mol. The van der Waals surface area contributed by atoms with Crippen molar-refractivity contribution in [3.63, 3.8) is 0 Å². The average molecular weight is 240 g/mol. The van der Waals surface area contributed by atoms with E-state index in [0.29, 0.717) is 6.61 Å². The first-order chi connectivity index (χ1) is 8.30. The number of benzene rings is 1. The van der Waals surface area contributed by atoms with Crippen LogP contribution in [0.1, 0.15) is 5.56 Å². The van der Waals surface area contributed by atoms with Gasteiger partial charge in [0.05, 0.1) is 6.61 Å². The number of hydrogen-bond donors (Lipinski definition) is 0. The molecule has 1 rings (SSSR count). The lowest BCUT2D eigenvalue weighted by molar-refractivity contribution is -0.121. The molecule has 0 bridgehead atoms. The van der Waals surface area contributed by atoms with Gasteiger partial charge in [0, 0.05) is 21.3 Å². The standard InChI is InChI=1S/C13H20O4/c1-14-9-8-11-4-6-12(7-5-11)17-10-13(15-2)16-3/h4-7,13H,8-10H2,1-3H3. The first-order valence-corrected chi connectivity index (χ1v) is 5.56. The van der Waals surface area contributed by atoms with E-state index in [2.05, 4.69) is 0 Å². The highest BCUT2D eigenvalue weighted by Gasteiger charge is 2.05. The predicted molar refractivity (Wildman–Crippen MR) is 65.3 cm³/mol. The maximum Gasteiger partial charge on any atom is 0.191 e. The van der Waals surface area contributed by atoms with Crippen LogP contribution in [-0.2, 0) is 20.6 Å². The molecule has 0 fully saturated rings. The first-order valence-electron chi connectivity index (χ1n) is 5.56. The van der Waals surface area contributed by atoms with Crippen molar-refractivity contribution in [2.75, 3.05) is 34.5 Å². The molecule has 0 spiro atoms. The van der Waals surface area contributed by atoms with Gasteiger partial charge in [0.2, 0.25) is 0 Å². The molecular formula is C13H20O4. The summed E-state index contributed by atoms with van der Waals surface area (Å²) in [5.41, 5.74) is 1.23. The number of methoxy groups -OCH3 is 3. The molecule has 0 aliphatic rings. The van der Waals surface area contributed by atoms with E-state index in [1.165, 1.54) is 5.56 Å². The number of hydrogen-bond acceptors (Lipinski definition) is 4. The van der Waals surface area contributed by atoms with Crippen molar-refractivity contribution in [2.45, 2.75) is 12.7 Å². The molecule has 0 saturated heterocycles. The van der Waals surface area contributed by atoms with Crippen LogP contribution < -0.4 is 4.74 Å². The Hall–Kier alpha value is -1.10. The van der Waals surface area contributed by atoms with E-state index in [1.54, 1.807) is 21.3 Å². The van der Waals surface area contributed by atoms with E-state index >= 15 is 0 Å². The van der Waals surface area contributed by atoms with Crippen LogP contribution in [0.5, 0.6) is 5.75 Å². The lowest BCUT2D eigenvalue weighted by atomic mass is 10.1. The van der Waals surface area contributed by atoms with Gasteiger partial charge in [-0.3, -0.25) is 0 Å². The minimum atomic E-state index is -0.330. The van der Waals surface area contributed by atoms with Crippen molar-refractivity contribution in [1.29, 1.82) is 0 Å². The van der Waals surface area contributed by atoms with E-state index in [4.69, 9.17) is 18.9 Å². The molecule has 0 aromatic heterocycles. The molecule has 0 aliphatic carbocycles. The molecule has 96 valence electrons. The summed E-state index contributed by atoms with van der Waals surface area (Å²) in [7, 11) is 4.88. The van der Waals surface area contributed by atoms with Crippen molar-refractivity contribution in [1.82, 2.24) is 0 Å².